The number of urea groups is 1. The number of amides is 2. The SMILES string of the molecule is O=C1N=CC(I)C=N1. The summed E-state index contributed by atoms with van der Waals surface area (Å²) in [6.07, 6.45) is 3.13. The van der Waals surface area contributed by atoms with E-state index >= 15 is 0 Å². The molecule has 0 fully saturated rings. The van der Waals surface area contributed by atoms with Gasteiger partial charge in [0.2, 0.25) is 0 Å². The van der Waals surface area contributed by atoms with Crippen LogP contribution in [0.4, 0.5) is 4.79 Å². The monoisotopic (exact) mass is 222 g/mol. The molecule has 3 nitrogen and oxygen atoms in total. The fourth-order valence-corrected chi connectivity index (χ4v) is 0.663. The Hall–Kier alpha value is -0.260. The lowest BCUT2D eigenvalue weighted by atomic mass is 10.5. The molecular weight excluding hydrogens is 219 g/mol. The zero-order valence-electron chi connectivity index (χ0n) is 3.91. The van der Waals surface area contributed by atoms with Crippen LogP contribution in [0.25, 0.3) is 0 Å². The average Bonchev–Trinajstić information content (AvgIpc) is 1.77. The van der Waals surface area contributed by atoms with Crippen molar-refractivity contribution in [3.05, 3.63) is 0 Å². The molecule has 0 saturated carbocycles. The van der Waals surface area contributed by atoms with Gasteiger partial charge in [0, 0.05) is 12.4 Å². The molecule has 42 valence electrons. The van der Waals surface area contributed by atoms with E-state index in [4.69, 9.17) is 0 Å². The summed E-state index contributed by atoms with van der Waals surface area (Å²) in [6.45, 7) is 0. The summed E-state index contributed by atoms with van der Waals surface area (Å²) in [5.41, 5.74) is 0. The summed E-state index contributed by atoms with van der Waals surface area (Å²) in [7, 11) is 0. The van der Waals surface area contributed by atoms with Gasteiger partial charge in [0.15, 0.2) is 0 Å². The Morgan fingerprint density at radius 3 is 2.38 bits per heavy atom. The second kappa shape index (κ2) is 2.34. The summed E-state index contributed by atoms with van der Waals surface area (Å²) in [5.74, 6) is 0. The highest BCUT2D eigenvalue weighted by molar-refractivity contribution is 14.1. The van der Waals surface area contributed by atoms with Gasteiger partial charge in [-0.25, -0.2) is 14.8 Å². The molecule has 0 saturated heterocycles. The number of aliphatic imine (C=N–C) groups is 2. The highest BCUT2D eigenvalue weighted by Crippen LogP contribution is 1.98. The van der Waals surface area contributed by atoms with E-state index in [1.165, 1.54) is 0 Å². The number of hydrogen-bond donors (Lipinski definition) is 0. The smallest absolute Gasteiger partial charge is 0.244 e. The molecular formula is C4H3IN2O. The van der Waals surface area contributed by atoms with E-state index < -0.39 is 6.03 Å². The van der Waals surface area contributed by atoms with Crippen LogP contribution in [0.3, 0.4) is 0 Å². The van der Waals surface area contributed by atoms with Crippen LogP contribution < -0.4 is 0 Å². The molecule has 0 aromatic rings. The lowest BCUT2D eigenvalue weighted by Gasteiger charge is -1.95. The Bertz CT molecular complexity index is 147. The van der Waals surface area contributed by atoms with Crippen LogP contribution in [0.1, 0.15) is 0 Å². The fourth-order valence-electron chi connectivity index (χ4n) is 0.342. The molecule has 0 spiro atoms. The number of carbonyl (C=O) groups excluding carboxylic acids is 1. The number of hydrogen-bond acceptors (Lipinski definition) is 1. The first-order valence-electron chi connectivity index (χ1n) is 2.05. The van der Waals surface area contributed by atoms with Crippen molar-refractivity contribution in [2.75, 3.05) is 0 Å². The molecule has 0 aliphatic carbocycles. The average molecular weight is 222 g/mol. The van der Waals surface area contributed by atoms with Crippen LogP contribution in [-0.4, -0.2) is 22.4 Å². The van der Waals surface area contributed by atoms with Crippen LogP contribution in [0.15, 0.2) is 9.98 Å². The van der Waals surface area contributed by atoms with E-state index in [9.17, 15) is 4.79 Å². The first kappa shape index (κ1) is 5.87. The van der Waals surface area contributed by atoms with Gasteiger partial charge in [0.1, 0.15) is 0 Å². The molecule has 1 aliphatic rings. The number of alkyl halides is 1. The molecule has 0 N–H and O–H groups in total. The number of halogens is 1. The topological polar surface area (TPSA) is 41.8 Å². The first-order valence-corrected chi connectivity index (χ1v) is 3.30. The summed E-state index contributed by atoms with van der Waals surface area (Å²) < 4.78 is 0.185. The first-order chi connectivity index (χ1) is 3.79. The van der Waals surface area contributed by atoms with Crippen molar-refractivity contribution in [2.45, 2.75) is 3.92 Å². The van der Waals surface area contributed by atoms with Crippen molar-refractivity contribution in [3.8, 4) is 0 Å². The molecule has 0 aromatic heterocycles. The summed E-state index contributed by atoms with van der Waals surface area (Å²) in [5, 5.41) is 0. The van der Waals surface area contributed by atoms with Gasteiger partial charge in [0.25, 0.3) is 0 Å². The molecule has 2 amide bonds. The highest BCUT2D eigenvalue weighted by Gasteiger charge is 2.02. The maximum absolute atomic E-state index is 10.2. The maximum Gasteiger partial charge on any atom is 0.366 e. The third-order valence-electron chi connectivity index (χ3n) is 0.655. The van der Waals surface area contributed by atoms with E-state index in [2.05, 4.69) is 32.6 Å². The summed E-state index contributed by atoms with van der Waals surface area (Å²) >= 11 is 2.12. The molecule has 0 aromatic carbocycles. The second-order valence-corrected chi connectivity index (χ2v) is 2.72. The van der Waals surface area contributed by atoms with Crippen molar-refractivity contribution in [3.63, 3.8) is 0 Å². The lowest BCUT2D eigenvalue weighted by Crippen LogP contribution is -2.08. The Labute approximate surface area is 60.0 Å². The molecule has 1 heterocycles. The van der Waals surface area contributed by atoms with E-state index in [0.717, 1.165) is 0 Å². The molecule has 1 aliphatic heterocycles. The molecule has 0 atom stereocenters. The molecule has 4 heteroatoms. The molecule has 0 radical (unpaired) electrons. The molecule has 0 unspecified atom stereocenters. The van der Waals surface area contributed by atoms with E-state index in [0.29, 0.717) is 0 Å². The van der Waals surface area contributed by atoms with E-state index in [-0.39, 0.29) is 3.92 Å². The van der Waals surface area contributed by atoms with Gasteiger partial charge >= 0.3 is 6.03 Å². The number of carbonyl (C=O) groups is 1. The van der Waals surface area contributed by atoms with Gasteiger partial charge in [-0.3, -0.25) is 0 Å². The Balaban J connectivity index is 2.68. The summed E-state index contributed by atoms with van der Waals surface area (Å²) in [6, 6.07) is -0.405. The molecule has 8 heavy (non-hydrogen) atoms. The van der Waals surface area contributed by atoms with Gasteiger partial charge in [-0.15, -0.1) is 0 Å². The summed E-state index contributed by atoms with van der Waals surface area (Å²) in [4.78, 5) is 17.1. The largest absolute Gasteiger partial charge is 0.366 e. The van der Waals surface area contributed by atoms with Crippen molar-refractivity contribution >= 4 is 41.1 Å². The molecule has 0 bridgehead atoms. The normalized spacial score (nSPS) is 19.9. The van der Waals surface area contributed by atoms with Crippen LogP contribution >= 0.6 is 22.6 Å². The van der Waals surface area contributed by atoms with E-state index in [1.807, 2.05) is 0 Å². The van der Waals surface area contributed by atoms with Crippen LogP contribution in [0.5, 0.6) is 0 Å². The zero-order valence-corrected chi connectivity index (χ0v) is 6.07. The van der Waals surface area contributed by atoms with Crippen molar-refractivity contribution in [2.24, 2.45) is 9.98 Å². The predicted molar refractivity (Wildman–Crippen MR) is 40.2 cm³/mol. The lowest BCUT2D eigenvalue weighted by molar-refractivity contribution is 0.257. The second-order valence-electron chi connectivity index (χ2n) is 1.28. The third kappa shape index (κ3) is 1.36. The van der Waals surface area contributed by atoms with E-state index in [1.54, 1.807) is 12.4 Å². The van der Waals surface area contributed by atoms with Gasteiger partial charge in [0.05, 0.1) is 3.92 Å². The van der Waals surface area contributed by atoms with Crippen molar-refractivity contribution in [1.82, 2.24) is 0 Å². The number of rotatable bonds is 0. The van der Waals surface area contributed by atoms with Gasteiger partial charge < -0.3 is 0 Å². The van der Waals surface area contributed by atoms with Gasteiger partial charge in [-0.2, -0.15) is 0 Å². The Morgan fingerprint density at radius 2 is 2.00 bits per heavy atom. The minimum absolute atomic E-state index is 0.185. The Morgan fingerprint density at radius 1 is 1.50 bits per heavy atom. The van der Waals surface area contributed by atoms with Gasteiger partial charge in [-0.05, 0) is 0 Å². The quantitative estimate of drug-likeness (QED) is 0.446. The van der Waals surface area contributed by atoms with Crippen LogP contribution in [0.2, 0.25) is 0 Å². The van der Waals surface area contributed by atoms with Crippen molar-refractivity contribution in [1.29, 1.82) is 0 Å². The van der Waals surface area contributed by atoms with Gasteiger partial charge in [-0.1, -0.05) is 22.6 Å². The minimum atomic E-state index is -0.405. The van der Waals surface area contributed by atoms with Crippen molar-refractivity contribution < 1.29 is 4.79 Å². The Kier molecular flexibility index (Phi) is 1.72. The minimum Gasteiger partial charge on any atom is -0.244 e. The highest BCUT2D eigenvalue weighted by atomic mass is 127. The predicted octanol–water partition coefficient (Wildman–Crippen LogP) is 1.07. The van der Waals surface area contributed by atoms with Crippen LogP contribution in [-0.2, 0) is 0 Å². The maximum atomic E-state index is 10.2. The number of nitrogens with zero attached hydrogens (tertiary/aromatic N) is 2. The third-order valence-corrected chi connectivity index (χ3v) is 1.30. The zero-order chi connectivity index (χ0) is 5.98. The van der Waals surface area contributed by atoms with Crippen LogP contribution in [0, 0.1) is 0 Å². The standard InChI is InChI=1S/C4H3IN2O/c5-3-1-6-4(8)7-2-3/h1-3H. The fraction of sp³-hybridized carbons (Fsp3) is 0.250. The molecule has 1 rings (SSSR count).